The first kappa shape index (κ1) is 16.6. The molecule has 4 rings (SSSR count). The van der Waals surface area contributed by atoms with E-state index < -0.39 is 0 Å². The predicted molar refractivity (Wildman–Crippen MR) is 101 cm³/mol. The van der Waals surface area contributed by atoms with Crippen molar-refractivity contribution in [3.05, 3.63) is 39.9 Å². The van der Waals surface area contributed by atoms with Crippen LogP contribution in [0.2, 0.25) is 5.02 Å². The number of hydrogen-bond donors (Lipinski definition) is 1. The lowest BCUT2D eigenvalue weighted by molar-refractivity contribution is -0.0628. The third-order valence-electron chi connectivity index (χ3n) is 4.62. The van der Waals surface area contributed by atoms with E-state index in [1.54, 1.807) is 11.3 Å². The molecule has 2 aromatic rings. The molecule has 1 N–H and O–H groups in total. The molecule has 1 aromatic heterocycles. The number of anilines is 1. The SMILES string of the molecule is Clc1ccc(Cc2nnc(NC3CCOC4(CCSC4)C3)s2)cc1. The van der Waals surface area contributed by atoms with Gasteiger partial charge in [-0.25, -0.2) is 0 Å². The van der Waals surface area contributed by atoms with Gasteiger partial charge >= 0.3 is 0 Å². The van der Waals surface area contributed by atoms with Crippen molar-refractivity contribution in [3.8, 4) is 0 Å². The third kappa shape index (κ3) is 3.87. The minimum atomic E-state index is 0.0947. The zero-order chi connectivity index (χ0) is 16.4. The molecule has 0 bridgehead atoms. The quantitative estimate of drug-likeness (QED) is 0.857. The number of thioether (sulfide) groups is 1. The van der Waals surface area contributed by atoms with Crippen molar-refractivity contribution in [2.75, 3.05) is 23.4 Å². The van der Waals surface area contributed by atoms with Crippen molar-refractivity contribution in [2.24, 2.45) is 0 Å². The minimum absolute atomic E-state index is 0.0947. The maximum Gasteiger partial charge on any atom is 0.205 e. The van der Waals surface area contributed by atoms with E-state index in [1.807, 2.05) is 36.0 Å². The van der Waals surface area contributed by atoms with Crippen LogP contribution in [-0.2, 0) is 11.2 Å². The molecule has 7 heteroatoms. The van der Waals surface area contributed by atoms with Gasteiger partial charge in [0.1, 0.15) is 5.01 Å². The second-order valence-corrected chi connectivity index (χ2v) is 9.08. The van der Waals surface area contributed by atoms with E-state index in [9.17, 15) is 0 Å². The second kappa shape index (κ2) is 7.20. The maximum absolute atomic E-state index is 6.08. The van der Waals surface area contributed by atoms with Gasteiger partial charge in [0.25, 0.3) is 0 Å². The largest absolute Gasteiger partial charge is 0.374 e. The number of aromatic nitrogens is 2. The van der Waals surface area contributed by atoms with Crippen LogP contribution in [0.4, 0.5) is 5.13 Å². The molecule has 2 atom stereocenters. The zero-order valence-electron chi connectivity index (χ0n) is 13.3. The van der Waals surface area contributed by atoms with Gasteiger partial charge in [-0.1, -0.05) is 35.1 Å². The van der Waals surface area contributed by atoms with E-state index in [4.69, 9.17) is 16.3 Å². The van der Waals surface area contributed by atoms with E-state index in [0.29, 0.717) is 6.04 Å². The molecule has 2 aliphatic rings. The number of nitrogens with zero attached hydrogens (tertiary/aromatic N) is 2. The molecule has 1 aromatic carbocycles. The molecule has 24 heavy (non-hydrogen) atoms. The summed E-state index contributed by atoms with van der Waals surface area (Å²) in [6.07, 6.45) is 4.09. The summed E-state index contributed by atoms with van der Waals surface area (Å²) in [6, 6.07) is 8.35. The minimum Gasteiger partial charge on any atom is -0.374 e. The van der Waals surface area contributed by atoms with Gasteiger partial charge in [0, 0.05) is 29.8 Å². The Balaban J connectivity index is 1.37. The van der Waals surface area contributed by atoms with Gasteiger partial charge in [0.2, 0.25) is 5.13 Å². The maximum atomic E-state index is 6.08. The summed E-state index contributed by atoms with van der Waals surface area (Å²) in [5, 5.41) is 14.9. The first-order chi connectivity index (χ1) is 11.7. The second-order valence-electron chi connectivity index (χ2n) is 6.47. The van der Waals surface area contributed by atoms with Gasteiger partial charge in [-0.05, 0) is 42.7 Å². The topological polar surface area (TPSA) is 47.0 Å². The first-order valence-corrected chi connectivity index (χ1v) is 10.6. The lowest BCUT2D eigenvalue weighted by Crippen LogP contribution is -2.44. The molecule has 0 saturated carbocycles. The average molecular weight is 382 g/mol. The van der Waals surface area contributed by atoms with Crippen molar-refractivity contribution in [1.29, 1.82) is 0 Å². The van der Waals surface area contributed by atoms with Crippen molar-refractivity contribution >= 4 is 39.8 Å². The number of rotatable bonds is 4. The van der Waals surface area contributed by atoms with E-state index in [0.717, 1.165) is 46.8 Å². The van der Waals surface area contributed by atoms with E-state index in [2.05, 4.69) is 15.5 Å². The Hall–Kier alpha value is -0.820. The molecular weight excluding hydrogens is 362 g/mol. The van der Waals surface area contributed by atoms with Crippen LogP contribution in [0.3, 0.4) is 0 Å². The molecule has 2 fully saturated rings. The molecule has 128 valence electrons. The van der Waals surface area contributed by atoms with Crippen LogP contribution < -0.4 is 5.32 Å². The molecular formula is C17H20ClN3OS2. The van der Waals surface area contributed by atoms with Gasteiger partial charge in [-0.2, -0.15) is 11.8 Å². The fraction of sp³-hybridized carbons (Fsp3) is 0.529. The molecule has 0 amide bonds. The Bertz CT molecular complexity index is 685. The van der Waals surface area contributed by atoms with Crippen LogP contribution in [0, 0.1) is 0 Å². The highest BCUT2D eigenvalue weighted by Gasteiger charge is 2.40. The number of ether oxygens (including phenoxy) is 1. The molecule has 2 unspecified atom stereocenters. The van der Waals surface area contributed by atoms with Crippen LogP contribution in [-0.4, -0.2) is 40.0 Å². The standard InChI is InChI=1S/C17H20ClN3OS2/c18-13-3-1-12(2-4-13)9-15-20-21-16(24-15)19-14-5-7-22-17(10-14)6-8-23-11-17/h1-4,14H,5-11H2,(H,19,21). The fourth-order valence-corrected chi connectivity index (χ4v) is 5.70. The zero-order valence-corrected chi connectivity index (χ0v) is 15.7. The lowest BCUT2D eigenvalue weighted by atomic mass is 9.90. The number of halogens is 1. The smallest absolute Gasteiger partial charge is 0.205 e. The van der Waals surface area contributed by atoms with Crippen LogP contribution in [0.25, 0.3) is 0 Å². The average Bonchev–Trinajstić information content (AvgIpc) is 3.20. The number of hydrogen-bond acceptors (Lipinski definition) is 6. The van der Waals surface area contributed by atoms with E-state index >= 15 is 0 Å². The Labute approximate surface area is 155 Å². The van der Waals surface area contributed by atoms with Gasteiger partial charge in [0.15, 0.2) is 0 Å². The van der Waals surface area contributed by atoms with Crippen molar-refractivity contribution < 1.29 is 4.74 Å². The van der Waals surface area contributed by atoms with Crippen LogP contribution >= 0.6 is 34.7 Å². The summed E-state index contributed by atoms with van der Waals surface area (Å²) >= 11 is 9.58. The molecule has 3 heterocycles. The molecule has 2 aliphatic heterocycles. The number of benzene rings is 1. The van der Waals surface area contributed by atoms with Crippen LogP contribution in [0.5, 0.6) is 0 Å². The first-order valence-electron chi connectivity index (χ1n) is 8.26. The molecule has 0 aliphatic carbocycles. The highest BCUT2D eigenvalue weighted by molar-refractivity contribution is 7.99. The summed E-state index contributed by atoms with van der Waals surface area (Å²) in [5.74, 6) is 2.35. The Morgan fingerprint density at radius 3 is 2.96 bits per heavy atom. The van der Waals surface area contributed by atoms with Gasteiger partial charge in [-0.15, -0.1) is 10.2 Å². The van der Waals surface area contributed by atoms with Gasteiger partial charge < -0.3 is 10.1 Å². The lowest BCUT2D eigenvalue weighted by Gasteiger charge is -2.37. The van der Waals surface area contributed by atoms with Crippen molar-refractivity contribution in [3.63, 3.8) is 0 Å². The number of nitrogens with one attached hydrogen (secondary N) is 1. The molecule has 1 spiro atoms. The van der Waals surface area contributed by atoms with Crippen LogP contribution in [0.15, 0.2) is 24.3 Å². The fourth-order valence-electron chi connectivity index (χ4n) is 3.35. The Morgan fingerprint density at radius 2 is 2.17 bits per heavy atom. The van der Waals surface area contributed by atoms with E-state index in [-0.39, 0.29) is 5.60 Å². The molecule has 2 saturated heterocycles. The van der Waals surface area contributed by atoms with Crippen molar-refractivity contribution in [2.45, 2.75) is 37.3 Å². The summed E-state index contributed by atoms with van der Waals surface area (Å²) < 4.78 is 6.08. The summed E-state index contributed by atoms with van der Waals surface area (Å²) in [6.45, 7) is 0.842. The molecule has 4 nitrogen and oxygen atoms in total. The Kier molecular flexibility index (Phi) is 4.99. The molecule has 0 radical (unpaired) electrons. The van der Waals surface area contributed by atoms with E-state index in [1.165, 1.54) is 17.7 Å². The summed E-state index contributed by atoms with van der Waals surface area (Å²) in [7, 11) is 0. The predicted octanol–water partition coefficient (Wildman–Crippen LogP) is 4.25. The highest BCUT2D eigenvalue weighted by atomic mass is 35.5. The van der Waals surface area contributed by atoms with Gasteiger partial charge in [-0.3, -0.25) is 0 Å². The monoisotopic (exact) mass is 381 g/mol. The normalized spacial score (nSPS) is 26.8. The summed E-state index contributed by atoms with van der Waals surface area (Å²) in [5.41, 5.74) is 1.30. The van der Waals surface area contributed by atoms with Crippen molar-refractivity contribution in [1.82, 2.24) is 10.2 Å². The van der Waals surface area contributed by atoms with Crippen LogP contribution in [0.1, 0.15) is 29.8 Å². The summed E-state index contributed by atoms with van der Waals surface area (Å²) in [4.78, 5) is 0. The highest BCUT2D eigenvalue weighted by Crippen LogP contribution is 2.39. The van der Waals surface area contributed by atoms with Gasteiger partial charge in [0.05, 0.1) is 5.60 Å². The Morgan fingerprint density at radius 1 is 1.29 bits per heavy atom. The third-order valence-corrected chi connectivity index (χ3v) is 6.95.